The Morgan fingerprint density at radius 3 is 2.70 bits per heavy atom. The molecule has 0 aromatic rings. The molecule has 10 heavy (non-hydrogen) atoms. The molecule has 1 heterocycles. The molecular formula is C4H2Cl3FN2. The molecule has 0 aromatic carbocycles. The highest BCUT2D eigenvalue weighted by Crippen LogP contribution is 2.28. The lowest BCUT2D eigenvalue weighted by molar-refractivity contribution is 0.366. The summed E-state index contributed by atoms with van der Waals surface area (Å²) < 4.78 is 12.8. The van der Waals surface area contributed by atoms with Gasteiger partial charge in [0.2, 0.25) is 5.29 Å². The summed E-state index contributed by atoms with van der Waals surface area (Å²) in [5.41, 5.74) is -1.20. The van der Waals surface area contributed by atoms with Crippen LogP contribution in [0.25, 0.3) is 0 Å². The second-order valence-corrected chi connectivity index (χ2v) is 3.00. The molecule has 0 N–H and O–H groups in total. The van der Waals surface area contributed by atoms with Crippen LogP contribution in [0.3, 0.4) is 0 Å². The highest BCUT2D eigenvalue weighted by atomic mass is 35.5. The Morgan fingerprint density at radius 2 is 2.30 bits per heavy atom. The van der Waals surface area contributed by atoms with Gasteiger partial charge in [0.05, 0.1) is 6.21 Å². The van der Waals surface area contributed by atoms with Crippen molar-refractivity contribution in [1.82, 2.24) is 0 Å². The summed E-state index contributed by atoms with van der Waals surface area (Å²) in [5.74, 6) is 0. The minimum atomic E-state index is -2.21. The Kier molecular flexibility index (Phi) is 2.18. The van der Waals surface area contributed by atoms with Crippen LogP contribution in [0.4, 0.5) is 4.39 Å². The number of rotatable bonds is 0. The van der Waals surface area contributed by atoms with Crippen molar-refractivity contribution in [2.45, 2.75) is 10.6 Å². The topological polar surface area (TPSA) is 24.7 Å². The molecular weight excluding hydrogens is 201 g/mol. The van der Waals surface area contributed by atoms with Crippen molar-refractivity contribution < 1.29 is 4.39 Å². The van der Waals surface area contributed by atoms with Gasteiger partial charge in [-0.1, -0.05) is 23.2 Å². The summed E-state index contributed by atoms with van der Waals surface area (Å²) in [5, 5.41) is -2.30. The van der Waals surface area contributed by atoms with Crippen molar-refractivity contribution in [3.05, 3.63) is 0 Å². The SMILES string of the molecule is FC1(Cl)C=NC(Cl)=NC1Cl. The first-order valence-corrected chi connectivity index (χ1v) is 3.52. The number of aliphatic imine (C=N–C) groups is 2. The van der Waals surface area contributed by atoms with Gasteiger partial charge in [-0.25, -0.2) is 14.4 Å². The molecule has 0 radical (unpaired) electrons. The molecule has 2 atom stereocenters. The second-order valence-electron chi connectivity index (χ2n) is 1.67. The third-order valence-electron chi connectivity index (χ3n) is 0.881. The minimum Gasteiger partial charge on any atom is -0.231 e. The van der Waals surface area contributed by atoms with Crippen LogP contribution in [0.1, 0.15) is 0 Å². The zero-order valence-corrected chi connectivity index (χ0v) is 6.83. The molecule has 1 rings (SSSR count). The van der Waals surface area contributed by atoms with Crippen LogP contribution in [-0.2, 0) is 0 Å². The zero-order valence-electron chi connectivity index (χ0n) is 4.56. The first-order valence-electron chi connectivity index (χ1n) is 2.33. The number of nitrogens with zero attached hydrogens (tertiary/aromatic N) is 2. The number of amidine groups is 1. The largest absolute Gasteiger partial charge is 0.254 e. The minimum absolute atomic E-state index is 0.0890. The van der Waals surface area contributed by atoms with Gasteiger partial charge in [-0.3, -0.25) is 0 Å². The standard InChI is InChI=1S/C4H2Cl3FN2/c5-2-4(7,8)1-9-3(6)10-2/h1-2H. The molecule has 2 unspecified atom stereocenters. The molecule has 0 bridgehead atoms. The van der Waals surface area contributed by atoms with Crippen LogP contribution in [0.2, 0.25) is 0 Å². The Bertz CT molecular complexity index is 201. The van der Waals surface area contributed by atoms with E-state index in [9.17, 15) is 4.39 Å². The van der Waals surface area contributed by atoms with Gasteiger partial charge in [-0.05, 0) is 11.6 Å². The first kappa shape index (κ1) is 8.24. The summed E-state index contributed by atoms with van der Waals surface area (Å²) in [4.78, 5) is 6.71. The molecule has 0 aromatic heterocycles. The first-order chi connectivity index (χ1) is 4.52. The van der Waals surface area contributed by atoms with E-state index in [1.54, 1.807) is 0 Å². The smallest absolute Gasteiger partial charge is 0.231 e. The van der Waals surface area contributed by atoms with E-state index in [-0.39, 0.29) is 5.29 Å². The van der Waals surface area contributed by atoms with Gasteiger partial charge < -0.3 is 0 Å². The maximum Gasteiger partial charge on any atom is 0.254 e. The Morgan fingerprint density at radius 1 is 1.70 bits per heavy atom. The molecule has 0 aliphatic carbocycles. The van der Waals surface area contributed by atoms with Crippen molar-refractivity contribution in [3.8, 4) is 0 Å². The van der Waals surface area contributed by atoms with Crippen LogP contribution in [-0.4, -0.2) is 22.1 Å². The predicted molar refractivity (Wildman–Crippen MR) is 41.1 cm³/mol. The molecule has 0 saturated heterocycles. The number of hydrogen-bond donors (Lipinski definition) is 0. The zero-order chi connectivity index (χ0) is 7.78. The summed E-state index contributed by atoms with van der Waals surface area (Å²) in [6, 6.07) is 0. The van der Waals surface area contributed by atoms with Gasteiger partial charge >= 0.3 is 0 Å². The lowest BCUT2D eigenvalue weighted by Gasteiger charge is -2.17. The van der Waals surface area contributed by atoms with Crippen LogP contribution >= 0.6 is 34.8 Å². The fraction of sp³-hybridized carbons (Fsp3) is 0.500. The molecule has 0 amide bonds. The van der Waals surface area contributed by atoms with Gasteiger partial charge in [0.1, 0.15) is 0 Å². The number of halogens is 4. The third-order valence-corrected chi connectivity index (χ3v) is 1.91. The van der Waals surface area contributed by atoms with Gasteiger partial charge in [0.25, 0.3) is 5.13 Å². The second kappa shape index (κ2) is 2.64. The average Bonchev–Trinajstić information content (AvgIpc) is 1.81. The third kappa shape index (κ3) is 1.59. The lowest BCUT2D eigenvalue weighted by Crippen LogP contribution is -2.31. The van der Waals surface area contributed by atoms with Crippen molar-refractivity contribution in [2.75, 3.05) is 0 Å². The van der Waals surface area contributed by atoms with Crippen LogP contribution < -0.4 is 0 Å². The molecule has 0 fully saturated rings. The van der Waals surface area contributed by atoms with E-state index in [4.69, 9.17) is 34.8 Å². The highest BCUT2D eigenvalue weighted by Gasteiger charge is 2.36. The Hall–Kier alpha value is 0.140. The highest BCUT2D eigenvalue weighted by molar-refractivity contribution is 6.66. The number of alkyl halides is 3. The molecule has 0 saturated carbocycles. The maximum atomic E-state index is 12.8. The molecule has 0 spiro atoms. The van der Waals surface area contributed by atoms with Gasteiger partial charge in [0, 0.05) is 0 Å². The van der Waals surface area contributed by atoms with Crippen LogP contribution in [0.15, 0.2) is 9.98 Å². The molecule has 56 valence electrons. The van der Waals surface area contributed by atoms with Crippen molar-refractivity contribution >= 4 is 46.3 Å². The summed E-state index contributed by atoms with van der Waals surface area (Å²) in [6.07, 6.45) is 0.821. The van der Waals surface area contributed by atoms with Gasteiger partial charge in [0.15, 0.2) is 5.50 Å². The Balaban J connectivity index is 2.84. The van der Waals surface area contributed by atoms with E-state index in [0.717, 1.165) is 6.21 Å². The lowest BCUT2D eigenvalue weighted by atomic mass is 10.4. The van der Waals surface area contributed by atoms with E-state index in [1.807, 2.05) is 0 Å². The van der Waals surface area contributed by atoms with Crippen molar-refractivity contribution in [1.29, 1.82) is 0 Å². The summed E-state index contributed by atoms with van der Waals surface area (Å²) >= 11 is 15.8. The molecule has 1 aliphatic rings. The van der Waals surface area contributed by atoms with E-state index in [2.05, 4.69) is 9.98 Å². The Labute approximate surface area is 71.7 Å². The summed E-state index contributed by atoms with van der Waals surface area (Å²) in [7, 11) is 0. The van der Waals surface area contributed by atoms with Gasteiger partial charge in [-0.15, -0.1) is 0 Å². The predicted octanol–water partition coefficient (Wildman–Crippen LogP) is 2.14. The van der Waals surface area contributed by atoms with E-state index in [1.165, 1.54) is 0 Å². The monoisotopic (exact) mass is 202 g/mol. The average molecular weight is 203 g/mol. The quantitative estimate of drug-likeness (QED) is 0.426. The van der Waals surface area contributed by atoms with E-state index in [0.29, 0.717) is 0 Å². The fourth-order valence-electron chi connectivity index (χ4n) is 0.414. The maximum absolute atomic E-state index is 12.8. The normalized spacial score (nSPS) is 39.6. The molecule has 6 heteroatoms. The van der Waals surface area contributed by atoms with E-state index < -0.39 is 10.6 Å². The summed E-state index contributed by atoms with van der Waals surface area (Å²) in [6.45, 7) is 0. The fourth-order valence-corrected chi connectivity index (χ4v) is 0.856. The van der Waals surface area contributed by atoms with E-state index >= 15 is 0 Å². The van der Waals surface area contributed by atoms with Crippen LogP contribution in [0, 0.1) is 0 Å². The van der Waals surface area contributed by atoms with Gasteiger partial charge in [-0.2, -0.15) is 0 Å². The van der Waals surface area contributed by atoms with Crippen molar-refractivity contribution in [2.24, 2.45) is 9.98 Å². The van der Waals surface area contributed by atoms with Crippen LogP contribution in [0.5, 0.6) is 0 Å². The molecule has 1 aliphatic heterocycles. The molecule has 2 nitrogen and oxygen atoms in total. The number of hydrogen-bond acceptors (Lipinski definition) is 2. The van der Waals surface area contributed by atoms with Crippen molar-refractivity contribution in [3.63, 3.8) is 0 Å².